The van der Waals surface area contributed by atoms with Gasteiger partial charge in [-0.05, 0) is 101 Å². The Bertz CT molecular complexity index is 2090. The van der Waals surface area contributed by atoms with E-state index >= 15 is 0 Å². The standard InChI is InChI=1S/C36H29BO3/c1-35(2)36(3,4)40-37(39-35)31-14-9-13-28-25-18-16-22(20-29(25)24-10-5-6-12-27(24)34(28)31)23-17-19-33-30(21-23)26-11-7-8-15-32(26)38-33/h5-21H,1-4H3. The van der Waals surface area contributed by atoms with Gasteiger partial charge in [-0.15, -0.1) is 0 Å². The van der Waals surface area contributed by atoms with Gasteiger partial charge < -0.3 is 13.7 Å². The van der Waals surface area contributed by atoms with E-state index in [9.17, 15) is 0 Å². The van der Waals surface area contributed by atoms with Crippen LogP contribution in [0, 0.1) is 0 Å². The van der Waals surface area contributed by atoms with Crippen LogP contribution < -0.4 is 5.46 Å². The molecule has 1 aliphatic heterocycles. The molecule has 194 valence electrons. The Hall–Kier alpha value is -4.12. The summed E-state index contributed by atoms with van der Waals surface area (Å²) in [4.78, 5) is 0. The van der Waals surface area contributed by atoms with Crippen LogP contribution in [-0.4, -0.2) is 18.3 Å². The fraction of sp³-hybridized carbons (Fsp3) is 0.167. The van der Waals surface area contributed by atoms with Crippen LogP contribution in [0.5, 0.6) is 0 Å². The summed E-state index contributed by atoms with van der Waals surface area (Å²) in [6.07, 6.45) is 0. The molecule has 1 saturated heterocycles. The summed E-state index contributed by atoms with van der Waals surface area (Å²) in [7, 11) is -0.426. The highest BCUT2D eigenvalue weighted by molar-refractivity contribution is 6.66. The summed E-state index contributed by atoms with van der Waals surface area (Å²) in [5.41, 5.74) is 4.48. The summed E-state index contributed by atoms with van der Waals surface area (Å²) < 4.78 is 19.1. The molecule has 0 atom stereocenters. The second-order valence-electron chi connectivity index (χ2n) is 12.0. The molecule has 1 aromatic heterocycles. The van der Waals surface area contributed by atoms with E-state index in [2.05, 4.69) is 119 Å². The molecule has 0 radical (unpaired) electrons. The molecule has 4 heteroatoms. The Labute approximate surface area is 233 Å². The van der Waals surface area contributed by atoms with Gasteiger partial charge in [-0.25, -0.2) is 0 Å². The number of rotatable bonds is 2. The zero-order valence-electron chi connectivity index (χ0n) is 23.1. The van der Waals surface area contributed by atoms with E-state index < -0.39 is 18.3 Å². The van der Waals surface area contributed by atoms with Gasteiger partial charge in [-0.1, -0.05) is 78.9 Å². The maximum Gasteiger partial charge on any atom is 0.495 e. The molecule has 0 aliphatic carbocycles. The molecule has 8 rings (SSSR count). The van der Waals surface area contributed by atoms with E-state index in [1.807, 2.05) is 12.1 Å². The predicted octanol–water partition coefficient (Wildman–Crippen LogP) is 9.01. The van der Waals surface area contributed by atoms with Crippen molar-refractivity contribution in [2.45, 2.75) is 38.9 Å². The van der Waals surface area contributed by atoms with Gasteiger partial charge in [0.1, 0.15) is 11.2 Å². The zero-order chi connectivity index (χ0) is 27.2. The third-order valence-electron chi connectivity index (χ3n) is 9.11. The Morgan fingerprint density at radius 3 is 1.77 bits per heavy atom. The molecule has 3 nitrogen and oxygen atoms in total. The summed E-state index contributed by atoms with van der Waals surface area (Å²) in [6.45, 7) is 8.43. The van der Waals surface area contributed by atoms with Crippen LogP contribution in [0.4, 0.5) is 0 Å². The van der Waals surface area contributed by atoms with Crippen molar-refractivity contribution in [3.8, 4) is 11.1 Å². The number of para-hydroxylation sites is 1. The first-order valence-electron chi connectivity index (χ1n) is 14.0. The molecule has 6 aromatic carbocycles. The van der Waals surface area contributed by atoms with E-state index in [4.69, 9.17) is 13.7 Å². The lowest BCUT2D eigenvalue weighted by atomic mass is 9.74. The number of hydrogen-bond donors (Lipinski definition) is 0. The van der Waals surface area contributed by atoms with E-state index in [0.717, 1.165) is 27.4 Å². The normalized spacial score (nSPS) is 16.6. The third kappa shape index (κ3) is 3.33. The van der Waals surface area contributed by atoms with Crippen LogP contribution in [0.25, 0.3) is 65.4 Å². The van der Waals surface area contributed by atoms with E-state index in [0.29, 0.717) is 0 Å². The number of benzene rings is 6. The lowest BCUT2D eigenvalue weighted by Crippen LogP contribution is -2.41. The van der Waals surface area contributed by atoms with Gasteiger partial charge in [0, 0.05) is 10.8 Å². The van der Waals surface area contributed by atoms with Crippen molar-refractivity contribution in [1.82, 2.24) is 0 Å². The fourth-order valence-electron chi connectivity index (χ4n) is 6.28. The lowest BCUT2D eigenvalue weighted by Gasteiger charge is -2.32. The topological polar surface area (TPSA) is 31.6 Å². The maximum absolute atomic E-state index is 6.53. The Kier molecular flexibility index (Phi) is 4.87. The van der Waals surface area contributed by atoms with E-state index in [1.54, 1.807) is 0 Å². The van der Waals surface area contributed by atoms with Crippen LogP contribution in [0.2, 0.25) is 0 Å². The largest absolute Gasteiger partial charge is 0.495 e. The average molecular weight is 520 g/mol. The first kappa shape index (κ1) is 23.7. The minimum absolute atomic E-state index is 0.400. The average Bonchev–Trinajstić information content (AvgIpc) is 3.44. The van der Waals surface area contributed by atoms with Gasteiger partial charge >= 0.3 is 7.12 Å². The fourth-order valence-corrected chi connectivity index (χ4v) is 6.28. The minimum Gasteiger partial charge on any atom is -0.456 e. The number of furan rings is 1. The third-order valence-corrected chi connectivity index (χ3v) is 9.11. The van der Waals surface area contributed by atoms with Crippen molar-refractivity contribution in [1.29, 1.82) is 0 Å². The first-order chi connectivity index (χ1) is 19.3. The highest BCUT2D eigenvalue weighted by Gasteiger charge is 2.52. The number of fused-ring (bicyclic) bond motifs is 9. The smallest absolute Gasteiger partial charge is 0.456 e. The summed E-state index contributed by atoms with van der Waals surface area (Å²) in [5.74, 6) is 0. The Morgan fingerprint density at radius 1 is 0.475 bits per heavy atom. The molecule has 40 heavy (non-hydrogen) atoms. The SMILES string of the molecule is CC1(C)OB(c2cccc3c4ccc(-c5ccc6oc7ccccc7c6c5)cc4c4ccccc4c23)OC1(C)C. The molecule has 2 heterocycles. The van der Waals surface area contributed by atoms with Crippen molar-refractivity contribution in [3.05, 3.63) is 103 Å². The summed E-state index contributed by atoms with van der Waals surface area (Å²) in [5, 5.41) is 9.60. The molecule has 0 amide bonds. The van der Waals surface area contributed by atoms with Crippen molar-refractivity contribution < 1.29 is 13.7 Å². The monoisotopic (exact) mass is 520 g/mol. The highest BCUT2D eigenvalue weighted by atomic mass is 16.7. The molecule has 0 saturated carbocycles. The van der Waals surface area contributed by atoms with Crippen LogP contribution in [0.3, 0.4) is 0 Å². The Balaban J connectivity index is 1.36. The molecule has 7 aromatic rings. The van der Waals surface area contributed by atoms with Crippen molar-refractivity contribution in [2.75, 3.05) is 0 Å². The minimum atomic E-state index is -0.426. The van der Waals surface area contributed by atoms with Crippen LogP contribution >= 0.6 is 0 Å². The van der Waals surface area contributed by atoms with Crippen LogP contribution in [-0.2, 0) is 9.31 Å². The zero-order valence-corrected chi connectivity index (χ0v) is 23.1. The van der Waals surface area contributed by atoms with Crippen LogP contribution in [0.1, 0.15) is 27.7 Å². The Morgan fingerprint density at radius 2 is 1.02 bits per heavy atom. The second kappa shape index (κ2) is 8.20. The number of hydrogen-bond acceptors (Lipinski definition) is 3. The van der Waals surface area contributed by atoms with E-state index in [-0.39, 0.29) is 0 Å². The summed E-state index contributed by atoms with van der Waals surface area (Å²) in [6, 6.07) is 36.8. The molecule has 0 bridgehead atoms. The van der Waals surface area contributed by atoms with E-state index in [1.165, 1.54) is 43.4 Å². The second-order valence-corrected chi connectivity index (χ2v) is 12.0. The van der Waals surface area contributed by atoms with Crippen molar-refractivity contribution in [3.63, 3.8) is 0 Å². The lowest BCUT2D eigenvalue weighted by molar-refractivity contribution is 0.00578. The molecule has 1 aliphatic rings. The molecular formula is C36H29BO3. The van der Waals surface area contributed by atoms with Crippen LogP contribution in [0.15, 0.2) is 108 Å². The first-order valence-corrected chi connectivity index (χ1v) is 14.0. The molecule has 1 fully saturated rings. The van der Waals surface area contributed by atoms with Gasteiger partial charge in [0.2, 0.25) is 0 Å². The molecular weight excluding hydrogens is 491 g/mol. The van der Waals surface area contributed by atoms with Gasteiger partial charge in [0.15, 0.2) is 0 Å². The maximum atomic E-state index is 6.53. The molecule has 0 N–H and O–H groups in total. The molecule has 0 spiro atoms. The highest BCUT2D eigenvalue weighted by Crippen LogP contribution is 2.41. The van der Waals surface area contributed by atoms with Gasteiger partial charge in [-0.3, -0.25) is 0 Å². The quantitative estimate of drug-likeness (QED) is 0.168. The predicted molar refractivity (Wildman–Crippen MR) is 167 cm³/mol. The van der Waals surface area contributed by atoms with Crippen molar-refractivity contribution >= 4 is 66.8 Å². The van der Waals surface area contributed by atoms with Gasteiger partial charge in [-0.2, -0.15) is 0 Å². The molecule has 0 unspecified atom stereocenters. The van der Waals surface area contributed by atoms with Gasteiger partial charge in [0.05, 0.1) is 11.2 Å². The summed E-state index contributed by atoms with van der Waals surface area (Å²) >= 11 is 0. The van der Waals surface area contributed by atoms with Gasteiger partial charge in [0.25, 0.3) is 0 Å². The van der Waals surface area contributed by atoms with Crippen molar-refractivity contribution in [2.24, 2.45) is 0 Å².